The van der Waals surface area contributed by atoms with Gasteiger partial charge in [0.25, 0.3) is 11.8 Å². The van der Waals surface area contributed by atoms with Gasteiger partial charge in [-0.05, 0) is 51.3 Å². The highest BCUT2D eigenvalue weighted by molar-refractivity contribution is 8.00. The lowest BCUT2D eigenvalue weighted by molar-refractivity contribution is -0.150. The van der Waals surface area contributed by atoms with Crippen LogP contribution in [0, 0.1) is 6.92 Å². The first kappa shape index (κ1) is 28.5. The zero-order valence-corrected chi connectivity index (χ0v) is 22.9. The number of likely N-dealkylation sites (N-methyl/N-ethyl adjacent to an activating group) is 1. The second kappa shape index (κ2) is 12.0. The minimum absolute atomic E-state index is 0.0160. The Labute approximate surface area is 223 Å². The number of thioether (sulfide) groups is 1. The quantitative estimate of drug-likeness (QED) is 0.463. The zero-order chi connectivity index (χ0) is 27.3. The number of rotatable bonds is 9. The van der Waals surface area contributed by atoms with Crippen molar-refractivity contribution in [2.45, 2.75) is 63.5 Å². The highest BCUT2D eigenvalue weighted by atomic mass is 32.2. The number of benzene rings is 2. The van der Waals surface area contributed by atoms with Crippen LogP contribution in [0.3, 0.4) is 0 Å². The fourth-order valence-electron chi connectivity index (χ4n) is 4.61. The molecule has 3 atom stereocenters. The lowest BCUT2D eigenvalue weighted by Crippen LogP contribution is -2.59. The first-order valence-corrected chi connectivity index (χ1v) is 13.5. The van der Waals surface area contributed by atoms with Gasteiger partial charge in [0.15, 0.2) is 6.10 Å². The van der Waals surface area contributed by atoms with Crippen molar-refractivity contribution in [2.24, 2.45) is 0 Å². The maximum Gasteiger partial charge on any atom is 0.254 e. The third-order valence-corrected chi connectivity index (χ3v) is 8.17. The minimum Gasteiger partial charge on any atom is -0.508 e. The normalized spacial score (nSPS) is 18.2. The van der Waals surface area contributed by atoms with E-state index in [-0.39, 0.29) is 29.5 Å². The molecular weight excluding hydrogens is 490 g/mol. The van der Waals surface area contributed by atoms with Gasteiger partial charge in [-0.15, -0.1) is 11.8 Å². The number of hydrogen-bond acceptors (Lipinski definition) is 6. The lowest BCUT2D eigenvalue weighted by atomic mass is 9.96. The molecule has 2 aromatic rings. The Morgan fingerprint density at radius 1 is 1.16 bits per heavy atom. The van der Waals surface area contributed by atoms with Crippen molar-refractivity contribution in [3.63, 3.8) is 0 Å². The number of nitrogens with zero attached hydrogens (tertiary/aromatic N) is 2. The Bertz CT molecular complexity index is 1120. The van der Waals surface area contributed by atoms with Gasteiger partial charge in [-0.3, -0.25) is 14.4 Å². The summed E-state index contributed by atoms with van der Waals surface area (Å²) in [4.78, 5) is 43.3. The Hall–Kier alpha value is -3.04. The zero-order valence-electron chi connectivity index (χ0n) is 22.1. The molecule has 1 aliphatic heterocycles. The van der Waals surface area contributed by atoms with Gasteiger partial charge in [0, 0.05) is 29.5 Å². The summed E-state index contributed by atoms with van der Waals surface area (Å²) >= 11 is 1.49. The smallest absolute Gasteiger partial charge is 0.254 e. The Morgan fingerprint density at radius 2 is 1.84 bits per heavy atom. The first-order chi connectivity index (χ1) is 17.5. The number of phenolic OH excluding ortho intramolecular Hbond substituents is 1. The number of aliphatic hydroxyl groups is 1. The van der Waals surface area contributed by atoms with Gasteiger partial charge in [0.1, 0.15) is 11.8 Å². The molecule has 1 saturated heterocycles. The summed E-state index contributed by atoms with van der Waals surface area (Å²) in [5.41, 5.74) is 1.49. The number of hydrogen-bond donors (Lipinski definition) is 3. The monoisotopic (exact) mass is 527 g/mol. The van der Waals surface area contributed by atoms with Gasteiger partial charge < -0.3 is 25.3 Å². The average Bonchev–Trinajstić information content (AvgIpc) is 3.19. The Balaban J connectivity index is 1.89. The van der Waals surface area contributed by atoms with Gasteiger partial charge in [-0.2, -0.15) is 0 Å². The summed E-state index contributed by atoms with van der Waals surface area (Å²) in [6, 6.07) is 12.2. The predicted octanol–water partition coefficient (Wildman–Crippen LogP) is 2.95. The van der Waals surface area contributed by atoms with Gasteiger partial charge in [-0.25, -0.2) is 0 Å². The third kappa shape index (κ3) is 6.45. The van der Waals surface area contributed by atoms with Gasteiger partial charge >= 0.3 is 0 Å². The summed E-state index contributed by atoms with van der Waals surface area (Å²) in [5.74, 6) is -1.03. The van der Waals surface area contributed by atoms with E-state index in [9.17, 15) is 24.6 Å². The van der Waals surface area contributed by atoms with Crippen LogP contribution in [0.4, 0.5) is 0 Å². The molecule has 37 heavy (non-hydrogen) atoms. The molecule has 3 rings (SSSR count). The number of aromatic hydroxyl groups is 1. The van der Waals surface area contributed by atoms with E-state index in [0.717, 1.165) is 12.0 Å². The molecule has 2 aromatic carbocycles. The molecule has 0 aromatic heterocycles. The van der Waals surface area contributed by atoms with Crippen molar-refractivity contribution >= 4 is 29.5 Å². The van der Waals surface area contributed by atoms with E-state index >= 15 is 0 Å². The van der Waals surface area contributed by atoms with Gasteiger partial charge in [-0.1, -0.05) is 43.3 Å². The summed E-state index contributed by atoms with van der Waals surface area (Å²) in [6.07, 6.45) is -0.586. The molecule has 0 aliphatic carbocycles. The molecule has 8 nitrogen and oxygen atoms in total. The fraction of sp³-hybridized carbons (Fsp3) is 0.464. The van der Waals surface area contributed by atoms with Crippen LogP contribution in [0.5, 0.6) is 5.75 Å². The molecule has 1 aliphatic rings. The topological polar surface area (TPSA) is 110 Å². The maximum absolute atomic E-state index is 13.7. The van der Waals surface area contributed by atoms with Gasteiger partial charge in [0.2, 0.25) is 5.91 Å². The molecule has 0 spiro atoms. The van der Waals surface area contributed by atoms with E-state index in [1.807, 2.05) is 51.1 Å². The van der Waals surface area contributed by atoms with Crippen molar-refractivity contribution < 1.29 is 24.6 Å². The third-order valence-electron chi connectivity index (χ3n) is 6.80. The first-order valence-electron chi connectivity index (χ1n) is 12.5. The number of amides is 3. The lowest BCUT2D eigenvalue weighted by Gasteiger charge is -2.35. The van der Waals surface area contributed by atoms with Crippen LogP contribution in [-0.2, 0) is 16.0 Å². The molecule has 3 unspecified atom stereocenters. The summed E-state index contributed by atoms with van der Waals surface area (Å²) in [7, 11) is 1.72. The van der Waals surface area contributed by atoms with Crippen molar-refractivity contribution in [3.05, 3.63) is 65.2 Å². The Kier molecular flexibility index (Phi) is 9.26. The molecule has 1 heterocycles. The minimum atomic E-state index is -1.58. The number of carbonyl (C=O) groups is 3. The molecule has 9 heteroatoms. The van der Waals surface area contributed by atoms with Crippen LogP contribution in [-0.4, -0.2) is 80.1 Å². The Morgan fingerprint density at radius 3 is 2.49 bits per heavy atom. The second-order valence-electron chi connectivity index (χ2n) is 10.0. The second-order valence-corrected chi connectivity index (χ2v) is 11.6. The number of aliphatic hydroxyl groups excluding tert-OH is 1. The van der Waals surface area contributed by atoms with Crippen LogP contribution < -0.4 is 5.32 Å². The van der Waals surface area contributed by atoms with E-state index in [1.165, 1.54) is 22.7 Å². The number of nitrogens with one attached hydrogen (secondary N) is 1. The van der Waals surface area contributed by atoms with Crippen molar-refractivity contribution in [1.82, 2.24) is 15.1 Å². The highest BCUT2D eigenvalue weighted by Gasteiger charge is 2.50. The molecule has 200 valence electrons. The summed E-state index contributed by atoms with van der Waals surface area (Å²) < 4.78 is -0.536. The molecule has 0 saturated carbocycles. The average molecular weight is 528 g/mol. The van der Waals surface area contributed by atoms with Crippen LogP contribution in [0.1, 0.15) is 48.7 Å². The summed E-state index contributed by atoms with van der Waals surface area (Å²) in [5, 5.41) is 24.2. The van der Waals surface area contributed by atoms with Crippen molar-refractivity contribution in [3.8, 4) is 5.75 Å². The summed E-state index contributed by atoms with van der Waals surface area (Å²) in [6.45, 7) is 8.03. The standard InChI is InChI=1S/C28H37N3O5S/c1-6-15-30(5)27(36)24-28(3,4)37-17-31(24)26(35)23(33)21(16-19-11-8-7-9-12-19)29-25(34)20-13-10-14-22(32)18(20)2/h7-14,21,23-24,32-33H,6,15-17H2,1-5H3,(H,29,34). The molecule has 0 bridgehead atoms. The van der Waals surface area contributed by atoms with Crippen LogP contribution in [0.2, 0.25) is 0 Å². The molecule has 3 amide bonds. The van der Waals surface area contributed by atoms with Crippen molar-refractivity contribution in [1.29, 1.82) is 0 Å². The van der Waals surface area contributed by atoms with E-state index < -0.39 is 34.7 Å². The van der Waals surface area contributed by atoms with Crippen LogP contribution in [0.25, 0.3) is 0 Å². The largest absolute Gasteiger partial charge is 0.508 e. The number of carbonyl (C=O) groups excluding carboxylic acids is 3. The maximum atomic E-state index is 13.7. The van der Waals surface area contributed by atoms with E-state index in [2.05, 4.69) is 5.32 Å². The molecule has 3 N–H and O–H groups in total. The molecule has 0 radical (unpaired) electrons. The highest BCUT2D eigenvalue weighted by Crippen LogP contribution is 2.40. The molecule has 1 fully saturated rings. The van der Waals surface area contributed by atoms with E-state index in [1.54, 1.807) is 31.0 Å². The molecular formula is C28H37N3O5S. The predicted molar refractivity (Wildman–Crippen MR) is 145 cm³/mol. The fourth-order valence-corrected chi connectivity index (χ4v) is 5.74. The van der Waals surface area contributed by atoms with Crippen LogP contribution in [0.15, 0.2) is 48.5 Å². The van der Waals surface area contributed by atoms with Crippen molar-refractivity contribution in [2.75, 3.05) is 19.5 Å². The van der Waals surface area contributed by atoms with E-state index in [4.69, 9.17) is 0 Å². The number of phenols is 1. The van der Waals surface area contributed by atoms with Gasteiger partial charge in [0.05, 0.1) is 11.9 Å². The SMILES string of the molecule is CCCN(C)C(=O)C1N(C(=O)C(O)C(Cc2ccccc2)NC(=O)c2cccc(O)c2C)CSC1(C)C. The van der Waals surface area contributed by atoms with Crippen LogP contribution >= 0.6 is 11.8 Å². The van der Waals surface area contributed by atoms with E-state index in [0.29, 0.717) is 12.1 Å².